The van der Waals surface area contributed by atoms with Gasteiger partial charge in [0.25, 0.3) is 6.33 Å². The molecule has 0 radical (unpaired) electrons. The van der Waals surface area contributed by atoms with Gasteiger partial charge in [-0.05, 0) is 46.8 Å². The van der Waals surface area contributed by atoms with Gasteiger partial charge in [0.1, 0.15) is 5.69 Å². The molecular weight excluding hydrogens is 344 g/mol. The molecule has 4 aromatic rings. The van der Waals surface area contributed by atoms with E-state index < -0.39 is 0 Å². The first-order chi connectivity index (χ1) is 13.5. The second-order valence-electron chi connectivity index (χ2n) is 7.61. The minimum atomic E-state index is 0.372. The Morgan fingerprint density at radius 1 is 1.11 bits per heavy atom. The van der Waals surface area contributed by atoms with Crippen molar-refractivity contribution >= 4 is 33.1 Å². The van der Waals surface area contributed by atoms with E-state index in [1.165, 1.54) is 38.8 Å². The van der Waals surface area contributed by atoms with Crippen molar-refractivity contribution in [2.24, 2.45) is 7.05 Å². The predicted molar refractivity (Wildman–Crippen MR) is 114 cm³/mol. The van der Waals surface area contributed by atoms with E-state index in [1.54, 1.807) is 0 Å². The maximum atomic E-state index is 7.27. The molecule has 1 aromatic heterocycles. The van der Waals surface area contributed by atoms with Gasteiger partial charge in [0, 0.05) is 24.2 Å². The minimum Gasteiger partial charge on any atom is -0.343 e. The van der Waals surface area contributed by atoms with Crippen LogP contribution in [0.25, 0.3) is 37.8 Å². The van der Waals surface area contributed by atoms with Crippen LogP contribution < -0.4 is 9.47 Å². The van der Waals surface area contributed by atoms with Gasteiger partial charge < -0.3 is 9.74 Å². The number of anilines is 2. The molecule has 1 aliphatic rings. The largest absolute Gasteiger partial charge is 0.343 e. The Balaban J connectivity index is 2.02. The van der Waals surface area contributed by atoms with Crippen molar-refractivity contribution in [3.8, 4) is 11.3 Å². The van der Waals surface area contributed by atoms with Crippen molar-refractivity contribution in [3.63, 3.8) is 0 Å². The Bertz CT molecular complexity index is 1350. The standard InChI is InChI=1S/C24H21N4/c1-14-17-8-6-7-9-18(17)15(2)23-21(14)24-22-19(26-13-27(24)4)10-16(12-25-3)11-20(22)28(23)5/h6-11,13H,12H2,1-2,4-5H3/q+1. The van der Waals surface area contributed by atoms with Crippen LogP contribution in [0.5, 0.6) is 0 Å². The Morgan fingerprint density at radius 3 is 2.54 bits per heavy atom. The van der Waals surface area contributed by atoms with Gasteiger partial charge in [0.05, 0.1) is 23.8 Å². The first kappa shape index (κ1) is 16.7. The summed E-state index contributed by atoms with van der Waals surface area (Å²) in [6.45, 7) is 12.1. The Labute approximate surface area is 164 Å². The highest BCUT2D eigenvalue weighted by Gasteiger charge is 2.32. The average Bonchev–Trinajstić information content (AvgIpc) is 2.70. The van der Waals surface area contributed by atoms with E-state index in [1.807, 2.05) is 6.33 Å². The van der Waals surface area contributed by atoms with E-state index in [4.69, 9.17) is 6.57 Å². The third-order valence-corrected chi connectivity index (χ3v) is 6.01. The van der Waals surface area contributed by atoms with E-state index >= 15 is 0 Å². The molecule has 0 atom stereocenters. The molecule has 5 rings (SSSR count). The third-order valence-electron chi connectivity index (χ3n) is 6.01. The fraction of sp³-hybridized carbons (Fsp3) is 0.208. The lowest BCUT2D eigenvalue weighted by Gasteiger charge is -2.32. The van der Waals surface area contributed by atoms with Crippen LogP contribution >= 0.6 is 0 Å². The average molecular weight is 365 g/mol. The maximum absolute atomic E-state index is 7.27. The summed E-state index contributed by atoms with van der Waals surface area (Å²) in [7, 11) is 4.20. The highest BCUT2D eigenvalue weighted by molar-refractivity contribution is 6.13. The molecule has 0 bridgehead atoms. The summed E-state index contributed by atoms with van der Waals surface area (Å²) < 4.78 is 2.13. The lowest BCUT2D eigenvalue weighted by Crippen LogP contribution is -2.34. The number of fused-ring (bicyclic) bond motifs is 3. The minimum absolute atomic E-state index is 0.372. The quantitative estimate of drug-likeness (QED) is 0.350. The van der Waals surface area contributed by atoms with Crippen molar-refractivity contribution in [3.05, 3.63) is 70.8 Å². The molecule has 2 heterocycles. The normalized spacial score (nSPS) is 12.3. The van der Waals surface area contributed by atoms with Crippen LogP contribution in [0.1, 0.15) is 16.7 Å². The number of hydrogen-bond donors (Lipinski definition) is 0. The summed E-state index contributed by atoms with van der Waals surface area (Å²) in [4.78, 5) is 10.6. The molecule has 28 heavy (non-hydrogen) atoms. The number of nitrogens with zero attached hydrogens (tertiary/aromatic N) is 4. The van der Waals surface area contributed by atoms with Gasteiger partial charge in [-0.15, -0.1) is 0 Å². The molecule has 0 aliphatic carbocycles. The van der Waals surface area contributed by atoms with Gasteiger partial charge in [0.15, 0.2) is 5.52 Å². The molecule has 4 nitrogen and oxygen atoms in total. The van der Waals surface area contributed by atoms with E-state index in [9.17, 15) is 0 Å². The first-order valence-electron chi connectivity index (χ1n) is 9.43. The van der Waals surface area contributed by atoms with Crippen molar-refractivity contribution in [1.29, 1.82) is 0 Å². The summed E-state index contributed by atoms with van der Waals surface area (Å²) in [6, 6.07) is 12.8. The zero-order valence-corrected chi connectivity index (χ0v) is 16.5. The summed E-state index contributed by atoms with van der Waals surface area (Å²) >= 11 is 0. The Morgan fingerprint density at radius 2 is 1.82 bits per heavy atom. The molecule has 136 valence electrons. The van der Waals surface area contributed by atoms with Gasteiger partial charge in [-0.2, -0.15) is 0 Å². The van der Waals surface area contributed by atoms with Crippen molar-refractivity contribution in [2.45, 2.75) is 20.4 Å². The molecule has 3 aromatic carbocycles. The number of aryl methyl sites for hydroxylation is 3. The number of benzene rings is 3. The van der Waals surface area contributed by atoms with Crippen molar-refractivity contribution in [1.82, 2.24) is 4.98 Å². The SMILES string of the molecule is [C-]#[N+]Cc1cc2c3c([n+](C)cnc3c1)-c1c(c(C)c3ccccc3c1C)N2C. The second-order valence-corrected chi connectivity index (χ2v) is 7.61. The van der Waals surface area contributed by atoms with Crippen LogP contribution in [0.2, 0.25) is 0 Å². The maximum Gasteiger partial charge on any atom is 0.287 e. The lowest BCUT2D eigenvalue weighted by molar-refractivity contribution is -0.662. The van der Waals surface area contributed by atoms with Crippen LogP contribution in [-0.4, -0.2) is 12.0 Å². The van der Waals surface area contributed by atoms with Crippen LogP contribution in [0.4, 0.5) is 11.4 Å². The van der Waals surface area contributed by atoms with Crippen LogP contribution in [0.3, 0.4) is 0 Å². The predicted octanol–water partition coefficient (Wildman–Crippen LogP) is 5.00. The Hall–Kier alpha value is -3.45. The zero-order chi connectivity index (χ0) is 19.6. The number of rotatable bonds is 1. The summed E-state index contributed by atoms with van der Waals surface area (Å²) in [5, 5.41) is 3.75. The fourth-order valence-corrected chi connectivity index (χ4v) is 4.74. The second kappa shape index (κ2) is 5.77. The molecule has 0 saturated carbocycles. The van der Waals surface area contributed by atoms with Gasteiger partial charge in [-0.25, -0.2) is 11.1 Å². The molecule has 1 aliphatic heterocycles. The van der Waals surface area contributed by atoms with Crippen molar-refractivity contribution < 1.29 is 4.57 Å². The van der Waals surface area contributed by atoms with Crippen molar-refractivity contribution in [2.75, 3.05) is 11.9 Å². The van der Waals surface area contributed by atoms with E-state index in [-0.39, 0.29) is 0 Å². The summed E-state index contributed by atoms with van der Waals surface area (Å²) in [5.74, 6) is 0. The number of aromatic nitrogens is 2. The topological polar surface area (TPSA) is 24.4 Å². The number of hydrogen-bond acceptors (Lipinski definition) is 2. The smallest absolute Gasteiger partial charge is 0.287 e. The first-order valence-corrected chi connectivity index (χ1v) is 9.43. The van der Waals surface area contributed by atoms with E-state index in [2.05, 4.69) is 83.6 Å². The van der Waals surface area contributed by atoms with Gasteiger partial charge in [-0.3, -0.25) is 0 Å². The van der Waals surface area contributed by atoms with E-state index in [0.717, 1.165) is 22.2 Å². The third kappa shape index (κ3) is 2.05. The summed E-state index contributed by atoms with van der Waals surface area (Å²) in [6.07, 6.45) is 1.89. The van der Waals surface area contributed by atoms with Gasteiger partial charge in [0.2, 0.25) is 6.54 Å². The van der Waals surface area contributed by atoms with Crippen LogP contribution in [0, 0.1) is 20.4 Å². The lowest BCUT2D eigenvalue weighted by atomic mass is 9.87. The Kier molecular flexibility index (Phi) is 3.44. The van der Waals surface area contributed by atoms with Gasteiger partial charge >= 0.3 is 0 Å². The molecular formula is C24H21N4+. The molecule has 0 unspecified atom stereocenters. The molecule has 4 heteroatoms. The highest BCUT2D eigenvalue weighted by atomic mass is 15.1. The molecule has 0 saturated heterocycles. The molecule has 0 amide bonds. The van der Waals surface area contributed by atoms with Crippen LogP contribution in [0.15, 0.2) is 42.7 Å². The highest BCUT2D eigenvalue weighted by Crippen LogP contribution is 2.50. The molecule has 0 spiro atoms. The zero-order valence-electron chi connectivity index (χ0n) is 16.5. The molecule has 0 N–H and O–H groups in total. The summed E-state index contributed by atoms with van der Waals surface area (Å²) in [5.41, 5.74) is 9.38. The monoisotopic (exact) mass is 365 g/mol. The molecule has 0 fully saturated rings. The van der Waals surface area contributed by atoms with Gasteiger partial charge in [-0.1, -0.05) is 24.3 Å². The van der Waals surface area contributed by atoms with Crippen LogP contribution in [-0.2, 0) is 13.6 Å². The van der Waals surface area contributed by atoms with E-state index in [0.29, 0.717) is 6.54 Å². The fourth-order valence-electron chi connectivity index (χ4n) is 4.74.